The van der Waals surface area contributed by atoms with Gasteiger partial charge in [-0.1, -0.05) is 42.5 Å². The van der Waals surface area contributed by atoms with Gasteiger partial charge in [0.05, 0.1) is 23.9 Å². The van der Waals surface area contributed by atoms with E-state index in [0.29, 0.717) is 11.3 Å². The predicted molar refractivity (Wildman–Crippen MR) is 128 cm³/mol. The average Bonchev–Trinajstić information content (AvgIpc) is 2.85. The fourth-order valence-corrected chi connectivity index (χ4v) is 4.04. The van der Waals surface area contributed by atoms with Crippen LogP contribution in [0.3, 0.4) is 0 Å². The summed E-state index contributed by atoms with van der Waals surface area (Å²) in [5.74, 6) is -1.08. The molecule has 7 nitrogen and oxygen atoms in total. The Kier molecular flexibility index (Phi) is 6.90. The van der Waals surface area contributed by atoms with E-state index < -0.39 is 11.9 Å². The molecule has 0 atom stereocenters. The van der Waals surface area contributed by atoms with Gasteiger partial charge in [-0.05, 0) is 35.9 Å². The number of ether oxygens (including phenoxy) is 1. The monoisotopic (exact) mass is 445 g/mol. The minimum absolute atomic E-state index is 0.0578. The molecule has 1 aliphatic rings. The standard InChI is InChI=1S/C26H27N3O4/c1-33-24-10-6-5-9-21(24)25(30)27-23-12-11-20(17-22(23)26(31)32)29-15-13-28(14-16-29)18-19-7-3-2-4-8-19/h2-12,17H,13-16,18H2,1H3,(H,27,30)(H,31,32). The smallest absolute Gasteiger partial charge is 0.337 e. The van der Waals surface area contributed by atoms with Crippen molar-refractivity contribution < 1.29 is 19.4 Å². The second-order valence-electron chi connectivity index (χ2n) is 7.94. The number of piperazine rings is 1. The zero-order valence-electron chi connectivity index (χ0n) is 18.5. The van der Waals surface area contributed by atoms with Crippen LogP contribution in [0.1, 0.15) is 26.3 Å². The summed E-state index contributed by atoms with van der Waals surface area (Å²) in [6, 6.07) is 22.3. The maximum atomic E-state index is 12.7. The molecule has 1 aliphatic heterocycles. The molecule has 3 aromatic carbocycles. The average molecular weight is 446 g/mol. The van der Waals surface area contributed by atoms with Gasteiger partial charge in [-0.25, -0.2) is 4.79 Å². The summed E-state index contributed by atoms with van der Waals surface area (Å²) in [6.45, 7) is 4.30. The fourth-order valence-electron chi connectivity index (χ4n) is 4.04. The lowest BCUT2D eigenvalue weighted by atomic mass is 10.1. The van der Waals surface area contributed by atoms with E-state index in [1.807, 2.05) is 24.3 Å². The molecule has 0 spiro atoms. The number of carbonyl (C=O) groups is 2. The summed E-state index contributed by atoms with van der Waals surface area (Å²) in [4.78, 5) is 29.3. The van der Waals surface area contributed by atoms with Crippen LogP contribution in [0, 0.1) is 0 Å². The van der Waals surface area contributed by atoms with Crippen molar-refractivity contribution >= 4 is 23.3 Å². The van der Waals surface area contributed by atoms with Crippen LogP contribution < -0.4 is 15.0 Å². The van der Waals surface area contributed by atoms with Gasteiger partial charge in [0.25, 0.3) is 5.91 Å². The number of carboxylic acids is 1. The number of hydrogen-bond donors (Lipinski definition) is 2. The molecular weight excluding hydrogens is 418 g/mol. The molecule has 7 heteroatoms. The van der Waals surface area contributed by atoms with Crippen molar-refractivity contribution in [3.05, 3.63) is 89.5 Å². The van der Waals surface area contributed by atoms with E-state index in [2.05, 4.69) is 27.2 Å². The number of nitrogens with one attached hydrogen (secondary N) is 1. The molecule has 1 amide bonds. The highest BCUT2D eigenvalue weighted by Gasteiger charge is 2.21. The third kappa shape index (κ3) is 5.32. The molecule has 0 aromatic heterocycles. The van der Waals surface area contributed by atoms with Crippen molar-refractivity contribution in [2.24, 2.45) is 0 Å². The van der Waals surface area contributed by atoms with Crippen LogP contribution in [0.25, 0.3) is 0 Å². The number of hydrogen-bond acceptors (Lipinski definition) is 5. The number of amides is 1. The first-order valence-electron chi connectivity index (χ1n) is 10.9. The fraction of sp³-hybridized carbons (Fsp3) is 0.231. The number of nitrogens with zero attached hydrogens (tertiary/aromatic N) is 2. The van der Waals surface area contributed by atoms with Gasteiger partial charge < -0.3 is 20.1 Å². The molecule has 1 saturated heterocycles. The third-order valence-electron chi connectivity index (χ3n) is 5.82. The molecule has 0 unspecified atom stereocenters. The first kappa shape index (κ1) is 22.4. The second-order valence-corrected chi connectivity index (χ2v) is 7.94. The molecule has 0 aliphatic carbocycles. The van der Waals surface area contributed by atoms with Gasteiger partial charge in [0, 0.05) is 38.4 Å². The zero-order valence-corrected chi connectivity index (χ0v) is 18.5. The summed E-state index contributed by atoms with van der Waals surface area (Å²) >= 11 is 0. The van der Waals surface area contributed by atoms with Crippen LogP contribution in [-0.2, 0) is 6.54 Å². The normalized spacial score (nSPS) is 14.0. The molecule has 0 bridgehead atoms. The largest absolute Gasteiger partial charge is 0.496 e. The van der Waals surface area contributed by atoms with Gasteiger partial charge in [-0.3, -0.25) is 9.69 Å². The number of rotatable bonds is 7. The molecule has 4 rings (SSSR count). The van der Waals surface area contributed by atoms with Crippen LogP contribution in [0.15, 0.2) is 72.8 Å². The highest BCUT2D eigenvalue weighted by atomic mass is 16.5. The molecule has 0 saturated carbocycles. The van der Waals surface area contributed by atoms with E-state index in [0.717, 1.165) is 38.4 Å². The lowest BCUT2D eigenvalue weighted by molar-refractivity contribution is 0.0698. The predicted octanol–water partition coefficient (Wildman–Crippen LogP) is 3.97. The summed E-state index contributed by atoms with van der Waals surface area (Å²) in [7, 11) is 1.49. The third-order valence-corrected chi connectivity index (χ3v) is 5.82. The number of carbonyl (C=O) groups excluding carboxylic acids is 1. The SMILES string of the molecule is COc1ccccc1C(=O)Nc1ccc(N2CCN(Cc3ccccc3)CC2)cc1C(=O)O. The van der Waals surface area contributed by atoms with E-state index in [9.17, 15) is 14.7 Å². The molecule has 3 aromatic rings. The van der Waals surface area contributed by atoms with Crippen molar-refractivity contribution in [3.8, 4) is 5.75 Å². The van der Waals surface area contributed by atoms with E-state index in [1.165, 1.54) is 12.7 Å². The molecule has 1 fully saturated rings. The first-order valence-corrected chi connectivity index (χ1v) is 10.9. The van der Waals surface area contributed by atoms with E-state index in [4.69, 9.17) is 4.74 Å². The van der Waals surface area contributed by atoms with Gasteiger partial charge in [0.2, 0.25) is 0 Å². The highest BCUT2D eigenvalue weighted by molar-refractivity contribution is 6.09. The maximum Gasteiger partial charge on any atom is 0.337 e. The number of carboxylic acid groups (broad SMARTS) is 1. The Morgan fingerprint density at radius 1 is 0.909 bits per heavy atom. The van der Waals surface area contributed by atoms with Crippen LogP contribution >= 0.6 is 0 Å². The number of anilines is 2. The van der Waals surface area contributed by atoms with Crippen LogP contribution in [0.2, 0.25) is 0 Å². The molecule has 33 heavy (non-hydrogen) atoms. The Hall–Kier alpha value is -3.84. The Bertz CT molecular complexity index is 1130. The van der Waals surface area contributed by atoms with Crippen molar-refractivity contribution in [3.63, 3.8) is 0 Å². The van der Waals surface area contributed by atoms with Crippen molar-refractivity contribution in [2.45, 2.75) is 6.54 Å². The number of aromatic carboxylic acids is 1. The lowest BCUT2D eigenvalue weighted by Gasteiger charge is -2.36. The zero-order chi connectivity index (χ0) is 23.2. The Morgan fingerprint density at radius 3 is 2.30 bits per heavy atom. The van der Waals surface area contributed by atoms with Crippen LogP contribution in [0.5, 0.6) is 5.75 Å². The summed E-state index contributed by atoms with van der Waals surface area (Å²) in [6.07, 6.45) is 0. The van der Waals surface area contributed by atoms with Crippen LogP contribution in [0.4, 0.5) is 11.4 Å². The van der Waals surface area contributed by atoms with Gasteiger partial charge in [-0.2, -0.15) is 0 Å². The molecule has 2 N–H and O–H groups in total. The van der Waals surface area contributed by atoms with E-state index in [-0.39, 0.29) is 11.3 Å². The second kappa shape index (κ2) is 10.2. The number of methoxy groups -OCH3 is 1. The molecule has 0 radical (unpaired) electrons. The Balaban J connectivity index is 1.45. The van der Waals surface area contributed by atoms with Crippen LogP contribution in [-0.4, -0.2) is 55.2 Å². The number of benzene rings is 3. The number of para-hydroxylation sites is 1. The first-order chi connectivity index (χ1) is 16.0. The van der Waals surface area contributed by atoms with Crippen molar-refractivity contribution in [2.75, 3.05) is 43.5 Å². The van der Waals surface area contributed by atoms with Gasteiger partial charge >= 0.3 is 5.97 Å². The topological polar surface area (TPSA) is 82.1 Å². The summed E-state index contributed by atoms with van der Waals surface area (Å²) < 4.78 is 5.24. The quantitative estimate of drug-likeness (QED) is 0.573. The molecular formula is C26H27N3O4. The minimum atomic E-state index is -1.09. The summed E-state index contributed by atoms with van der Waals surface area (Å²) in [5.41, 5.74) is 2.78. The Labute approximate surface area is 193 Å². The van der Waals surface area contributed by atoms with Crippen molar-refractivity contribution in [1.29, 1.82) is 0 Å². The minimum Gasteiger partial charge on any atom is -0.496 e. The molecule has 170 valence electrons. The van der Waals surface area contributed by atoms with Gasteiger partial charge in [-0.15, -0.1) is 0 Å². The highest BCUT2D eigenvalue weighted by Crippen LogP contribution is 2.26. The van der Waals surface area contributed by atoms with E-state index in [1.54, 1.807) is 36.4 Å². The van der Waals surface area contributed by atoms with Gasteiger partial charge in [0.1, 0.15) is 5.75 Å². The lowest BCUT2D eigenvalue weighted by Crippen LogP contribution is -2.46. The van der Waals surface area contributed by atoms with E-state index >= 15 is 0 Å². The van der Waals surface area contributed by atoms with Crippen molar-refractivity contribution in [1.82, 2.24) is 4.90 Å². The van der Waals surface area contributed by atoms with Gasteiger partial charge in [0.15, 0.2) is 0 Å². The summed E-state index contributed by atoms with van der Waals surface area (Å²) in [5, 5.41) is 12.5. The maximum absolute atomic E-state index is 12.7. The molecule has 1 heterocycles. The Morgan fingerprint density at radius 2 is 1.61 bits per heavy atom.